The van der Waals surface area contributed by atoms with Crippen molar-refractivity contribution in [2.24, 2.45) is 5.92 Å². The standard InChI is InChI=1S/C21H25BrN2O2/c1-13(2)19(24-20(25)16-10-6-5-9-14(16)3)21(26)23-15(4)17-11-7-8-12-18(17)22/h5-13,15,19H,1-4H3,(H,23,26)(H,24,25)/t15-,19-/m0/s1. The molecule has 26 heavy (non-hydrogen) atoms. The summed E-state index contributed by atoms with van der Waals surface area (Å²) in [6, 6.07) is 14.4. The number of carbonyl (C=O) groups excluding carboxylic acids is 2. The Morgan fingerprint density at radius 1 is 0.923 bits per heavy atom. The highest BCUT2D eigenvalue weighted by Gasteiger charge is 2.26. The third-order valence-electron chi connectivity index (χ3n) is 4.36. The van der Waals surface area contributed by atoms with Gasteiger partial charge in [-0.05, 0) is 43.0 Å². The lowest BCUT2D eigenvalue weighted by Gasteiger charge is -2.25. The second-order valence-electron chi connectivity index (χ2n) is 6.76. The fourth-order valence-corrected chi connectivity index (χ4v) is 3.42. The molecule has 4 nitrogen and oxygen atoms in total. The molecule has 0 unspecified atom stereocenters. The number of aryl methyl sites for hydroxylation is 1. The molecule has 2 N–H and O–H groups in total. The highest BCUT2D eigenvalue weighted by molar-refractivity contribution is 9.10. The summed E-state index contributed by atoms with van der Waals surface area (Å²) in [5.41, 5.74) is 2.47. The quantitative estimate of drug-likeness (QED) is 0.733. The third kappa shape index (κ3) is 4.94. The van der Waals surface area contributed by atoms with E-state index < -0.39 is 6.04 Å². The Hall–Kier alpha value is -2.14. The van der Waals surface area contributed by atoms with Crippen LogP contribution >= 0.6 is 15.9 Å². The van der Waals surface area contributed by atoms with Gasteiger partial charge in [0.15, 0.2) is 0 Å². The second kappa shape index (κ2) is 8.99. The van der Waals surface area contributed by atoms with Crippen LogP contribution in [-0.2, 0) is 4.79 Å². The number of nitrogens with one attached hydrogen (secondary N) is 2. The summed E-state index contributed by atoms with van der Waals surface area (Å²) in [6.45, 7) is 7.66. The molecule has 0 aliphatic heterocycles. The topological polar surface area (TPSA) is 58.2 Å². The molecule has 0 aliphatic rings. The lowest BCUT2D eigenvalue weighted by Crippen LogP contribution is -2.50. The lowest BCUT2D eigenvalue weighted by molar-refractivity contribution is -0.124. The van der Waals surface area contributed by atoms with E-state index in [4.69, 9.17) is 0 Å². The van der Waals surface area contributed by atoms with E-state index in [9.17, 15) is 9.59 Å². The minimum Gasteiger partial charge on any atom is -0.348 e. The molecule has 5 heteroatoms. The van der Waals surface area contributed by atoms with Gasteiger partial charge in [0.05, 0.1) is 6.04 Å². The van der Waals surface area contributed by atoms with E-state index in [0.29, 0.717) is 5.56 Å². The first kappa shape index (κ1) is 20.2. The van der Waals surface area contributed by atoms with E-state index in [1.54, 1.807) is 6.07 Å². The van der Waals surface area contributed by atoms with Crippen molar-refractivity contribution in [2.75, 3.05) is 0 Å². The van der Waals surface area contributed by atoms with E-state index in [0.717, 1.165) is 15.6 Å². The van der Waals surface area contributed by atoms with Crippen molar-refractivity contribution in [3.63, 3.8) is 0 Å². The zero-order chi connectivity index (χ0) is 19.3. The van der Waals surface area contributed by atoms with Crippen molar-refractivity contribution < 1.29 is 9.59 Å². The summed E-state index contributed by atoms with van der Waals surface area (Å²) in [5.74, 6) is -0.454. The predicted octanol–water partition coefficient (Wildman–Crippen LogP) is 4.39. The number of carbonyl (C=O) groups is 2. The van der Waals surface area contributed by atoms with E-state index in [1.807, 2.05) is 70.2 Å². The van der Waals surface area contributed by atoms with Crippen LogP contribution in [0.5, 0.6) is 0 Å². The van der Waals surface area contributed by atoms with Crippen LogP contribution in [-0.4, -0.2) is 17.9 Å². The van der Waals surface area contributed by atoms with Gasteiger partial charge in [0.2, 0.25) is 5.91 Å². The van der Waals surface area contributed by atoms with Crippen LogP contribution in [0, 0.1) is 12.8 Å². The van der Waals surface area contributed by atoms with Crippen LogP contribution < -0.4 is 10.6 Å². The van der Waals surface area contributed by atoms with Crippen LogP contribution in [0.4, 0.5) is 0 Å². The first-order valence-electron chi connectivity index (χ1n) is 8.72. The van der Waals surface area contributed by atoms with Crippen molar-refractivity contribution in [1.29, 1.82) is 0 Å². The molecule has 0 aliphatic carbocycles. The molecule has 0 saturated heterocycles. The normalized spacial score (nSPS) is 13.2. The Morgan fingerprint density at radius 2 is 1.54 bits per heavy atom. The smallest absolute Gasteiger partial charge is 0.252 e. The third-order valence-corrected chi connectivity index (χ3v) is 5.08. The molecule has 0 spiro atoms. The van der Waals surface area contributed by atoms with Crippen molar-refractivity contribution in [1.82, 2.24) is 10.6 Å². The minimum absolute atomic E-state index is 0.0330. The van der Waals surface area contributed by atoms with Crippen LogP contribution in [0.1, 0.15) is 48.3 Å². The summed E-state index contributed by atoms with van der Waals surface area (Å²) in [7, 11) is 0. The zero-order valence-electron chi connectivity index (χ0n) is 15.5. The fourth-order valence-electron chi connectivity index (χ4n) is 2.79. The molecule has 2 rings (SSSR count). The molecule has 0 radical (unpaired) electrons. The van der Waals surface area contributed by atoms with Gasteiger partial charge >= 0.3 is 0 Å². The van der Waals surface area contributed by atoms with E-state index in [2.05, 4.69) is 26.6 Å². The monoisotopic (exact) mass is 416 g/mol. The molecule has 0 aromatic heterocycles. The Balaban J connectivity index is 2.11. The molecule has 138 valence electrons. The Kier molecular flexibility index (Phi) is 6.98. The van der Waals surface area contributed by atoms with Gasteiger partial charge in [-0.25, -0.2) is 0 Å². The average molecular weight is 417 g/mol. The van der Waals surface area contributed by atoms with Gasteiger partial charge < -0.3 is 10.6 Å². The van der Waals surface area contributed by atoms with Crippen LogP contribution in [0.15, 0.2) is 53.0 Å². The van der Waals surface area contributed by atoms with Crippen molar-refractivity contribution in [3.05, 3.63) is 69.7 Å². The molecular weight excluding hydrogens is 392 g/mol. The molecule has 0 saturated carbocycles. The minimum atomic E-state index is -0.605. The Bertz CT molecular complexity index is 789. The number of halogens is 1. The first-order valence-corrected chi connectivity index (χ1v) is 9.52. The Labute approximate surface area is 163 Å². The summed E-state index contributed by atoms with van der Waals surface area (Å²) < 4.78 is 0.942. The number of amides is 2. The predicted molar refractivity (Wildman–Crippen MR) is 108 cm³/mol. The fraction of sp³-hybridized carbons (Fsp3) is 0.333. The van der Waals surface area contributed by atoms with Gasteiger partial charge in [-0.15, -0.1) is 0 Å². The van der Waals surface area contributed by atoms with Crippen molar-refractivity contribution >= 4 is 27.7 Å². The van der Waals surface area contributed by atoms with Gasteiger partial charge in [0, 0.05) is 10.0 Å². The van der Waals surface area contributed by atoms with Crippen molar-refractivity contribution in [3.8, 4) is 0 Å². The van der Waals surface area contributed by atoms with Gasteiger partial charge in [-0.1, -0.05) is 66.2 Å². The SMILES string of the molecule is Cc1ccccc1C(=O)N[C@H](C(=O)N[C@@H](C)c1ccccc1Br)C(C)C. The van der Waals surface area contributed by atoms with Crippen LogP contribution in [0.3, 0.4) is 0 Å². The maximum absolute atomic E-state index is 12.8. The maximum atomic E-state index is 12.8. The van der Waals surface area contributed by atoms with Crippen molar-refractivity contribution in [2.45, 2.75) is 39.8 Å². The van der Waals surface area contributed by atoms with E-state index >= 15 is 0 Å². The van der Waals surface area contributed by atoms with Crippen LogP contribution in [0.25, 0.3) is 0 Å². The average Bonchev–Trinajstić information content (AvgIpc) is 2.59. The summed E-state index contributed by atoms with van der Waals surface area (Å²) in [6.07, 6.45) is 0. The molecule has 0 heterocycles. The Morgan fingerprint density at radius 3 is 2.15 bits per heavy atom. The van der Waals surface area contributed by atoms with Crippen LogP contribution in [0.2, 0.25) is 0 Å². The molecule has 2 amide bonds. The van der Waals surface area contributed by atoms with Gasteiger partial charge in [-0.2, -0.15) is 0 Å². The van der Waals surface area contributed by atoms with E-state index in [-0.39, 0.29) is 23.8 Å². The number of hydrogen-bond acceptors (Lipinski definition) is 2. The lowest BCUT2D eigenvalue weighted by atomic mass is 10.0. The second-order valence-corrected chi connectivity index (χ2v) is 7.62. The largest absolute Gasteiger partial charge is 0.348 e. The summed E-state index contributed by atoms with van der Waals surface area (Å²) in [4.78, 5) is 25.4. The zero-order valence-corrected chi connectivity index (χ0v) is 17.1. The molecule has 2 aromatic rings. The summed E-state index contributed by atoms with van der Waals surface area (Å²) >= 11 is 3.51. The summed E-state index contributed by atoms with van der Waals surface area (Å²) in [5, 5.41) is 5.89. The molecular formula is C21H25BrN2O2. The molecule has 2 atom stereocenters. The molecule has 0 bridgehead atoms. The number of benzene rings is 2. The molecule has 2 aromatic carbocycles. The van der Waals surface area contributed by atoms with Gasteiger partial charge in [0.25, 0.3) is 5.91 Å². The molecule has 0 fully saturated rings. The van der Waals surface area contributed by atoms with Gasteiger partial charge in [-0.3, -0.25) is 9.59 Å². The highest BCUT2D eigenvalue weighted by atomic mass is 79.9. The first-order chi connectivity index (χ1) is 12.3. The van der Waals surface area contributed by atoms with Gasteiger partial charge in [0.1, 0.15) is 6.04 Å². The maximum Gasteiger partial charge on any atom is 0.252 e. The highest BCUT2D eigenvalue weighted by Crippen LogP contribution is 2.23. The number of rotatable bonds is 6. The number of hydrogen-bond donors (Lipinski definition) is 2. The van der Waals surface area contributed by atoms with E-state index in [1.165, 1.54) is 0 Å².